The van der Waals surface area contributed by atoms with Crippen LogP contribution in [0.4, 0.5) is 0 Å². The van der Waals surface area contributed by atoms with Gasteiger partial charge in [-0.05, 0) is 33.6 Å². The molecule has 0 saturated carbocycles. The van der Waals surface area contributed by atoms with Crippen molar-refractivity contribution in [2.75, 3.05) is 11.1 Å². The second kappa shape index (κ2) is 4.61. The minimum Gasteiger partial charge on any atom is -0.228 e. The summed E-state index contributed by atoms with van der Waals surface area (Å²) in [5.41, 5.74) is 0. The van der Waals surface area contributed by atoms with E-state index in [-0.39, 0.29) is 0 Å². The quantitative estimate of drug-likeness (QED) is 0.572. The Morgan fingerprint density at radius 3 is 2.00 bits per heavy atom. The van der Waals surface area contributed by atoms with Crippen LogP contribution < -0.4 is 0 Å². The van der Waals surface area contributed by atoms with Gasteiger partial charge in [0.05, 0.1) is 10.5 Å². The fourth-order valence-electron chi connectivity index (χ4n) is 0.693. The lowest BCUT2D eigenvalue weighted by Crippen LogP contribution is -2.30. The van der Waals surface area contributed by atoms with Gasteiger partial charge >= 0.3 is 0 Å². The largest absolute Gasteiger partial charge is 0.228 e. The van der Waals surface area contributed by atoms with E-state index < -0.39 is 14.6 Å². The maximum Gasteiger partial charge on any atom is 0.155 e. The minimum absolute atomic E-state index is 0.308. The van der Waals surface area contributed by atoms with Crippen molar-refractivity contribution >= 4 is 25.8 Å². The van der Waals surface area contributed by atoms with Crippen LogP contribution in [0, 0.1) is 0 Å². The zero-order valence-corrected chi connectivity index (χ0v) is 10.3. The van der Waals surface area contributed by atoms with Crippen LogP contribution >= 0.6 is 15.9 Å². The third-order valence-electron chi connectivity index (χ3n) is 1.73. The van der Waals surface area contributed by atoms with E-state index in [9.17, 15) is 8.42 Å². The van der Waals surface area contributed by atoms with Gasteiger partial charge in [-0.15, -0.1) is 0 Å². The van der Waals surface area contributed by atoms with Crippen LogP contribution in [0.1, 0.15) is 33.6 Å². The smallest absolute Gasteiger partial charge is 0.155 e. The molecule has 0 atom stereocenters. The van der Waals surface area contributed by atoms with Crippen molar-refractivity contribution < 1.29 is 8.42 Å². The molecule has 12 heavy (non-hydrogen) atoms. The number of unbranched alkanes of at least 4 members (excludes halogenated alkanes) is 1. The molecular formula is C8H17BrO2S. The molecule has 0 radical (unpaired) electrons. The highest BCUT2D eigenvalue weighted by molar-refractivity contribution is 9.09. The third-order valence-corrected chi connectivity index (χ3v) is 4.98. The van der Waals surface area contributed by atoms with Crippen molar-refractivity contribution in [3.63, 3.8) is 0 Å². The molecule has 0 aliphatic carbocycles. The molecule has 0 saturated heterocycles. The van der Waals surface area contributed by atoms with Crippen molar-refractivity contribution in [2.24, 2.45) is 0 Å². The van der Waals surface area contributed by atoms with Gasteiger partial charge in [0, 0.05) is 5.33 Å². The number of hydrogen-bond acceptors (Lipinski definition) is 2. The Balaban J connectivity index is 4.08. The molecule has 0 fully saturated rings. The Labute approximate surface area is 83.8 Å². The molecule has 0 aliphatic heterocycles. The normalized spacial score (nSPS) is 13.3. The zero-order valence-electron chi connectivity index (χ0n) is 7.93. The fourth-order valence-corrected chi connectivity index (χ4v) is 2.29. The van der Waals surface area contributed by atoms with Gasteiger partial charge in [-0.3, -0.25) is 0 Å². The van der Waals surface area contributed by atoms with Crippen molar-refractivity contribution in [3.05, 3.63) is 0 Å². The summed E-state index contributed by atoms with van der Waals surface area (Å²) in [6.07, 6.45) is 1.68. The molecule has 0 rings (SSSR count). The van der Waals surface area contributed by atoms with Crippen LogP contribution in [0.5, 0.6) is 0 Å². The van der Waals surface area contributed by atoms with E-state index in [0.717, 1.165) is 18.2 Å². The highest BCUT2D eigenvalue weighted by Crippen LogP contribution is 2.17. The molecule has 0 aromatic heterocycles. The molecule has 2 nitrogen and oxygen atoms in total. The average molecular weight is 257 g/mol. The summed E-state index contributed by atoms with van der Waals surface area (Å²) in [7, 11) is -2.89. The minimum atomic E-state index is -2.89. The van der Waals surface area contributed by atoms with Crippen LogP contribution in [0.2, 0.25) is 0 Å². The van der Waals surface area contributed by atoms with E-state index in [1.807, 2.05) is 0 Å². The summed E-state index contributed by atoms with van der Waals surface area (Å²) in [5, 5.41) is 0.882. The molecule has 0 aromatic carbocycles. The maximum absolute atomic E-state index is 11.5. The van der Waals surface area contributed by atoms with Crippen molar-refractivity contribution in [3.8, 4) is 0 Å². The Morgan fingerprint density at radius 1 is 1.17 bits per heavy atom. The zero-order chi connectivity index (χ0) is 9.83. The van der Waals surface area contributed by atoms with E-state index in [4.69, 9.17) is 0 Å². The molecule has 0 aliphatic rings. The fraction of sp³-hybridized carbons (Fsp3) is 1.00. The van der Waals surface area contributed by atoms with E-state index in [2.05, 4.69) is 15.9 Å². The molecule has 0 aromatic rings. The highest BCUT2D eigenvalue weighted by atomic mass is 79.9. The second-order valence-corrected chi connectivity index (χ2v) is 7.48. The number of hydrogen-bond donors (Lipinski definition) is 0. The third kappa shape index (κ3) is 3.90. The van der Waals surface area contributed by atoms with Gasteiger partial charge < -0.3 is 0 Å². The second-order valence-electron chi connectivity index (χ2n) is 3.83. The Kier molecular flexibility index (Phi) is 4.77. The summed E-state index contributed by atoms with van der Waals surface area (Å²) in [6.45, 7) is 5.24. The molecule has 74 valence electrons. The first-order chi connectivity index (χ1) is 5.31. The summed E-state index contributed by atoms with van der Waals surface area (Å²) < 4.78 is 22.4. The summed E-state index contributed by atoms with van der Waals surface area (Å²) in [4.78, 5) is 0. The van der Waals surface area contributed by atoms with Crippen molar-refractivity contribution in [1.82, 2.24) is 0 Å². The first kappa shape index (κ1) is 12.4. The SMILES string of the molecule is CC(C)(C)S(=O)(=O)CCCCBr. The van der Waals surface area contributed by atoms with E-state index >= 15 is 0 Å². The molecule has 0 unspecified atom stereocenters. The standard InChI is InChI=1S/C8H17BrO2S/c1-8(2,3)12(10,11)7-5-4-6-9/h4-7H2,1-3H3. The van der Waals surface area contributed by atoms with Crippen molar-refractivity contribution in [1.29, 1.82) is 0 Å². The van der Waals surface area contributed by atoms with Crippen molar-refractivity contribution in [2.45, 2.75) is 38.4 Å². The van der Waals surface area contributed by atoms with Crippen LogP contribution in [0.15, 0.2) is 0 Å². The number of sulfone groups is 1. The Bertz CT molecular complexity index is 214. The van der Waals surface area contributed by atoms with Gasteiger partial charge in [0.25, 0.3) is 0 Å². The topological polar surface area (TPSA) is 34.1 Å². The van der Waals surface area contributed by atoms with Gasteiger partial charge in [0.1, 0.15) is 0 Å². The molecule has 0 spiro atoms. The highest BCUT2D eigenvalue weighted by Gasteiger charge is 2.27. The van der Waals surface area contributed by atoms with Gasteiger partial charge in [-0.2, -0.15) is 0 Å². The van der Waals surface area contributed by atoms with Crippen LogP contribution in [-0.4, -0.2) is 24.2 Å². The summed E-state index contributed by atoms with van der Waals surface area (Å²) in [5.74, 6) is 0.308. The molecule has 0 heterocycles. The lowest BCUT2D eigenvalue weighted by atomic mass is 10.3. The molecule has 4 heteroatoms. The summed E-state index contributed by atoms with van der Waals surface area (Å²) >= 11 is 3.27. The lowest BCUT2D eigenvalue weighted by Gasteiger charge is -2.18. The molecule has 0 N–H and O–H groups in total. The van der Waals surface area contributed by atoms with E-state index in [1.165, 1.54) is 0 Å². The predicted octanol–water partition coefficient (Wildman–Crippen LogP) is 2.37. The van der Waals surface area contributed by atoms with E-state index in [0.29, 0.717) is 5.75 Å². The monoisotopic (exact) mass is 256 g/mol. The number of rotatable bonds is 4. The van der Waals surface area contributed by atoms with Crippen LogP contribution in [0.3, 0.4) is 0 Å². The lowest BCUT2D eigenvalue weighted by molar-refractivity contribution is 0.557. The molecule has 0 amide bonds. The van der Waals surface area contributed by atoms with Crippen LogP contribution in [-0.2, 0) is 9.84 Å². The van der Waals surface area contributed by atoms with Gasteiger partial charge in [-0.25, -0.2) is 8.42 Å². The van der Waals surface area contributed by atoms with Gasteiger partial charge in [0.2, 0.25) is 0 Å². The van der Waals surface area contributed by atoms with Crippen LogP contribution in [0.25, 0.3) is 0 Å². The van der Waals surface area contributed by atoms with Gasteiger partial charge in [-0.1, -0.05) is 15.9 Å². The summed E-state index contributed by atoms with van der Waals surface area (Å²) in [6, 6.07) is 0. The molecular weight excluding hydrogens is 240 g/mol. The Morgan fingerprint density at radius 2 is 1.67 bits per heavy atom. The predicted molar refractivity (Wildman–Crippen MR) is 56.6 cm³/mol. The first-order valence-corrected chi connectivity index (χ1v) is 6.87. The Hall–Kier alpha value is 0.430. The van der Waals surface area contributed by atoms with Gasteiger partial charge in [0.15, 0.2) is 9.84 Å². The molecule has 0 bridgehead atoms. The first-order valence-electron chi connectivity index (χ1n) is 4.09. The average Bonchev–Trinajstić information content (AvgIpc) is 1.85. The maximum atomic E-state index is 11.5. The number of alkyl halides is 1. The number of halogens is 1. The van der Waals surface area contributed by atoms with E-state index in [1.54, 1.807) is 20.8 Å².